The van der Waals surface area contributed by atoms with Crippen LogP contribution < -0.4 is 5.32 Å². The molecule has 1 atom stereocenters. The maximum atomic E-state index is 3.60. The van der Waals surface area contributed by atoms with Crippen molar-refractivity contribution in [3.8, 4) is 0 Å². The first-order valence-electron chi connectivity index (χ1n) is 7.29. The standard InChI is InChI=1S/C18H22IN/c1-3-14-5-9-16(10-6-14)18(20-4-2)13-15-7-11-17(19)12-8-15/h5-12,18,20H,3-4,13H2,1-2H3. The maximum Gasteiger partial charge on any atom is 0.0360 e. The average Bonchev–Trinajstić information content (AvgIpc) is 2.49. The van der Waals surface area contributed by atoms with Crippen LogP contribution in [0, 0.1) is 3.57 Å². The molecular formula is C18H22IN. The Bertz CT molecular complexity index is 516. The molecule has 0 fully saturated rings. The van der Waals surface area contributed by atoms with E-state index in [1.807, 2.05) is 0 Å². The quantitative estimate of drug-likeness (QED) is 0.715. The summed E-state index contributed by atoms with van der Waals surface area (Å²) in [6.07, 6.45) is 2.14. The fourth-order valence-electron chi connectivity index (χ4n) is 2.40. The van der Waals surface area contributed by atoms with E-state index in [-0.39, 0.29) is 0 Å². The van der Waals surface area contributed by atoms with Crippen LogP contribution in [-0.2, 0) is 12.8 Å². The smallest absolute Gasteiger partial charge is 0.0360 e. The number of halogens is 1. The number of benzene rings is 2. The van der Waals surface area contributed by atoms with Gasteiger partial charge in [0.25, 0.3) is 0 Å². The SMILES string of the molecule is CCNC(Cc1ccc(I)cc1)c1ccc(CC)cc1. The lowest BCUT2D eigenvalue weighted by Crippen LogP contribution is -2.22. The van der Waals surface area contributed by atoms with Crippen molar-refractivity contribution in [3.63, 3.8) is 0 Å². The molecule has 0 saturated heterocycles. The molecule has 0 amide bonds. The molecule has 0 aliphatic heterocycles. The van der Waals surface area contributed by atoms with Crippen LogP contribution in [0.25, 0.3) is 0 Å². The molecule has 0 aliphatic carbocycles. The minimum absolute atomic E-state index is 0.394. The molecule has 0 aromatic heterocycles. The largest absolute Gasteiger partial charge is 0.310 e. The van der Waals surface area contributed by atoms with Gasteiger partial charge >= 0.3 is 0 Å². The first-order chi connectivity index (χ1) is 9.72. The molecule has 2 aromatic carbocycles. The zero-order chi connectivity index (χ0) is 14.4. The van der Waals surface area contributed by atoms with Gasteiger partial charge in [0, 0.05) is 9.61 Å². The minimum atomic E-state index is 0.394. The van der Waals surface area contributed by atoms with E-state index in [0.29, 0.717) is 6.04 Å². The van der Waals surface area contributed by atoms with E-state index in [2.05, 4.69) is 90.3 Å². The maximum absolute atomic E-state index is 3.60. The van der Waals surface area contributed by atoms with Crippen LogP contribution in [0.4, 0.5) is 0 Å². The number of hydrogen-bond donors (Lipinski definition) is 1. The molecule has 2 rings (SSSR count). The van der Waals surface area contributed by atoms with Gasteiger partial charge in [0.1, 0.15) is 0 Å². The van der Waals surface area contributed by atoms with Crippen molar-refractivity contribution in [1.29, 1.82) is 0 Å². The molecule has 0 aliphatic rings. The van der Waals surface area contributed by atoms with Crippen LogP contribution in [0.3, 0.4) is 0 Å². The lowest BCUT2D eigenvalue weighted by atomic mass is 9.97. The van der Waals surface area contributed by atoms with Gasteiger partial charge in [-0.2, -0.15) is 0 Å². The van der Waals surface area contributed by atoms with E-state index in [1.54, 1.807) is 0 Å². The fourth-order valence-corrected chi connectivity index (χ4v) is 2.76. The lowest BCUT2D eigenvalue weighted by Gasteiger charge is -2.19. The summed E-state index contributed by atoms with van der Waals surface area (Å²) in [5.74, 6) is 0. The van der Waals surface area contributed by atoms with Crippen LogP contribution in [0.15, 0.2) is 48.5 Å². The van der Waals surface area contributed by atoms with Crippen molar-refractivity contribution < 1.29 is 0 Å². The lowest BCUT2D eigenvalue weighted by molar-refractivity contribution is 0.549. The van der Waals surface area contributed by atoms with Gasteiger partial charge in [-0.25, -0.2) is 0 Å². The molecule has 20 heavy (non-hydrogen) atoms. The highest BCUT2D eigenvalue weighted by Gasteiger charge is 2.11. The molecule has 0 heterocycles. The zero-order valence-corrected chi connectivity index (χ0v) is 14.4. The third-order valence-electron chi connectivity index (χ3n) is 3.59. The number of rotatable bonds is 6. The molecule has 0 radical (unpaired) electrons. The molecule has 2 heteroatoms. The average molecular weight is 379 g/mol. The predicted molar refractivity (Wildman–Crippen MR) is 95.1 cm³/mol. The van der Waals surface area contributed by atoms with E-state index in [1.165, 1.54) is 20.3 Å². The molecule has 1 nitrogen and oxygen atoms in total. The Morgan fingerprint density at radius 2 is 1.50 bits per heavy atom. The van der Waals surface area contributed by atoms with E-state index >= 15 is 0 Å². The Balaban J connectivity index is 2.14. The van der Waals surface area contributed by atoms with Crippen molar-refractivity contribution in [2.75, 3.05) is 6.54 Å². The highest BCUT2D eigenvalue weighted by molar-refractivity contribution is 14.1. The Morgan fingerprint density at radius 3 is 2.05 bits per heavy atom. The van der Waals surface area contributed by atoms with Crippen LogP contribution in [0.2, 0.25) is 0 Å². The molecule has 1 unspecified atom stereocenters. The number of hydrogen-bond acceptors (Lipinski definition) is 1. The fraction of sp³-hybridized carbons (Fsp3) is 0.333. The second kappa shape index (κ2) is 7.79. The summed E-state index contributed by atoms with van der Waals surface area (Å²) in [4.78, 5) is 0. The van der Waals surface area contributed by atoms with Crippen LogP contribution in [0.5, 0.6) is 0 Å². The second-order valence-corrected chi connectivity index (χ2v) is 6.28. The van der Waals surface area contributed by atoms with Gasteiger partial charge in [-0.15, -0.1) is 0 Å². The highest BCUT2D eigenvalue weighted by Crippen LogP contribution is 2.20. The van der Waals surface area contributed by atoms with E-state index < -0.39 is 0 Å². The van der Waals surface area contributed by atoms with E-state index in [0.717, 1.165) is 19.4 Å². The highest BCUT2D eigenvalue weighted by atomic mass is 127. The minimum Gasteiger partial charge on any atom is -0.310 e. The number of aryl methyl sites for hydroxylation is 1. The molecule has 1 N–H and O–H groups in total. The summed E-state index contributed by atoms with van der Waals surface area (Å²) in [5, 5.41) is 3.60. The van der Waals surface area contributed by atoms with Gasteiger partial charge in [-0.3, -0.25) is 0 Å². The summed E-state index contributed by atoms with van der Waals surface area (Å²) in [5.41, 5.74) is 4.16. The molecular weight excluding hydrogens is 357 g/mol. The first-order valence-corrected chi connectivity index (χ1v) is 8.37. The summed E-state index contributed by atoms with van der Waals surface area (Å²) in [6.45, 7) is 5.36. The van der Waals surface area contributed by atoms with Gasteiger partial charge in [0.2, 0.25) is 0 Å². The summed E-state index contributed by atoms with van der Waals surface area (Å²) in [6, 6.07) is 18.2. The second-order valence-electron chi connectivity index (χ2n) is 5.04. The molecule has 0 saturated carbocycles. The Morgan fingerprint density at radius 1 is 0.900 bits per heavy atom. The third-order valence-corrected chi connectivity index (χ3v) is 4.31. The Labute approximate surface area is 135 Å². The number of nitrogens with one attached hydrogen (secondary N) is 1. The summed E-state index contributed by atoms with van der Waals surface area (Å²) >= 11 is 2.35. The van der Waals surface area contributed by atoms with Crippen LogP contribution in [0.1, 0.15) is 36.6 Å². The van der Waals surface area contributed by atoms with Crippen molar-refractivity contribution in [1.82, 2.24) is 5.32 Å². The van der Waals surface area contributed by atoms with E-state index in [4.69, 9.17) is 0 Å². The molecule has 0 bridgehead atoms. The predicted octanol–water partition coefficient (Wildman–Crippen LogP) is 4.75. The van der Waals surface area contributed by atoms with Crippen LogP contribution >= 0.6 is 22.6 Å². The topological polar surface area (TPSA) is 12.0 Å². The molecule has 0 spiro atoms. The van der Waals surface area contributed by atoms with Crippen molar-refractivity contribution in [2.45, 2.75) is 32.7 Å². The summed E-state index contributed by atoms with van der Waals surface area (Å²) in [7, 11) is 0. The molecule has 106 valence electrons. The van der Waals surface area contributed by atoms with Gasteiger partial charge in [0.15, 0.2) is 0 Å². The number of likely N-dealkylation sites (N-methyl/N-ethyl adjacent to an activating group) is 1. The Kier molecular flexibility index (Phi) is 6.05. The van der Waals surface area contributed by atoms with Crippen molar-refractivity contribution >= 4 is 22.6 Å². The van der Waals surface area contributed by atoms with Gasteiger partial charge in [0.05, 0.1) is 0 Å². The first kappa shape index (κ1) is 15.5. The van der Waals surface area contributed by atoms with Gasteiger partial charge in [-0.1, -0.05) is 50.2 Å². The van der Waals surface area contributed by atoms with Crippen LogP contribution in [-0.4, -0.2) is 6.54 Å². The van der Waals surface area contributed by atoms with Gasteiger partial charge in [-0.05, 0) is 70.8 Å². The van der Waals surface area contributed by atoms with Crippen molar-refractivity contribution in [2.24, 2.45) is 0 Å². The summed E-state index contributed by atoms with van der Waals surface area (Å²) < 4.78 is 1.29. The molecule has 2 aromatic rings. The van der Waals surface area contributed by atoms with E-state index in [9.17, 15) is 0 Å². The zero-order valence-electron chi connectivity index (χ0n) is 12.2. The third kappa shape index (κ3) is 4.32. The normalized spacial score (nSPS) is 12.3. The monoisotopic (exact) mass is 379 g/mol. The van der Waals surface area contributed by atoms with Gasteiger partial charge < -0.3 is 5.32 Å². The van der Waals surface area contributed by atoms with Crippen molar-refractivity contribution in [3.05, 3.63) is 68.8 Å². The Hall–Kier alpha value is -0.870.